The molecule has 0 saturated carbocycles. The van der Waals surface area contributed by atoms with E-state index in [1.165, 1.54) is 17.7 Å². The molecule has 5 nitrogen and oxygen atoms in total. The van der Waals surface area contributed by atoms with E-state index in [2.05, 4.69) is 45.3 Å². The Morgan fingerprint density at radius 1 is 1.03 bits per heavy atom. The summed E-state index contributed by atoms with van der Waals surface area (Å²) < 4.78 is 13.0. The smallest absolute Gasteiger partial charge is 0.227 e. The van der Waals surface area contributed by atoms with Crippen LogP contribution in [-0.2, 0) is 4.79 Å². The number of benzene rings is 2. The number of hydrogen-bond acceptors (Lipinski definition) is 4. The quantitative estimate of drug-likeness (QED) is 0.715. The van der Waals surface area contributed by atoms with E-state index >= 15 is 0 Å². The molecule has 0 spiro atoms. The highest BCUT2D eigenvalue weighted by molar-refractivity contribution is 5.92. The molecule has 1 amide bonds. The Hall–Kier alpha value is -3.28. The molecule has 1 fully saturated rings. The van der Waals surface area contributed by atoms with Crippen LogP contribution in [0.3, 0.4) is 0 Å². The summed E-state index contributed by atoms with van der Waals surface area (Å²) in [6.45, 7) is 3.52. The standard InChI is InChI=1S/C23H23FN4O/c1-16-3-2-4-18(13-16)19-14-25-23(26-15-19)28-11-9-17(10-12-28)22(29)27-21-7-5-20(24)6-8-21/h2-8,13-15,17H,9-12H2,1H3,(H,27,29). The molecule has 1 aliphatic heterocycles. The molecule has 2 heterocycles. The molecule has 2 aromatic carbocycles. The number of rotatable bonds is 4. The fraction of sp³-hybridized carbons (Fsp3) is 0.261. The van der Waals surface area contributed by atoms with E-state index in [-0.39, 0.29) is 17.6 Å². The molecule has 3 aromatic rings. The number of nitrogens with one attached hydrogen (secondary N) is 1. The van der Waals surface area contributed by atoms with Crippen LogP contribution in [0.2, 0.25) is 0 Å². The lowest BCUT2D eigenvalue weighted by molar-refractivity contribution is -0.120. The highest BCUT2D eigenvalue weighted by Gasteiger charge is 2.26. The summed E-state index contributed by atoms with van der Waals surface area (Å²) in [6, 6.07) is 14.1. The molecule has 1 aromatic heterocycles. The number of halogens is 1. The Morgan fingerprint density at radius 3 is 2.38 bits per heavy atom. The van der Waals surface area contributed by atoms with Gasteiger partial charge in [0.05, 0.1) is 0 Å². The van der Waals surface area contributed by atoms with Crippen molar-refractivity contribution in [3.05, 3.63) is 72.3 Å². The summed E-state index contributed by atoms with van der Waals surface area (Å²) in [4.78, 5) is 23.6. The maximum Gasteiger partial charge on any atom is 0.227 e. The van der Waals surface area contributed by atoms with Gasteiger partial charge in [0.25, 0.3) is 0 Å². The normalized spacial score (nSPS) is 14.6. The Bertz CT molecular complexity index is 981. The molecule has 6 heteroatoms. The van der Waals surface area contributed by atoms with Crippen molar-refractivity contribution < 1.29 is 9.18 Å². The third-order valence-corrected chi connectivity index (χ3v) is 5.25. The number of hydrogen-bond donors (Lipinski definition) is 1. The molecule has 1 saturated heterocycles. The third kappa shape index (κ3) is 4.59. The minimum atomic E-state index is -0.315. The summed E-state index contributed by atoms with van der Waals surface area (Å²) in [5.74, 6) is 0.290. The second kappa shape index (κ2) is 8.39. The van der Waals surface area contributed by atoms with Crippen molar-refractivity contribution in [2.75, 3.05) is 23.3 Å². The lowest BCUT2D eigenvalue weighted by atomic mass is 9.96. The van der Waals surface area contributed by atoms with Crippen LogP contribution in [-0.4, -0.2) is 29.0 Å². The third-order valence-electron chi connectivity index (χ3n) is 5.25. The van der Waals surface area contributed by atoms with Crippen molar-refractivity contribution in [2.45, 2.75) is 19.8 Å². The van der Waals surface area contributed by atoms with E-state index in [1.54, 1.807) is 12.1 Å². The minimum Gasteiger partial charge on any atom is -0.341 e. The molecule has 0 bridgehead atoms. The van der Waals surface area contributed by atoms with Gasteiger partial charge in [-0.3, -0.25) is 4.79 Å². The predicted octanol–water partition coefficient (Wildman–Crippen LogP) is 4.45. The maximum atomic E-state index is 13.0. The second-order valence-electron chi connectivity index (χ2n) is 7.40. The average molecular weight is 390 g/mol. The topological polar surface area (TPSA) is 58.1 Å². The molecule has 0 atom stereocenters. The number of anilines is 2. The van der Waals surface area contributed by atoms with Crippen molar-refractivity contribution >= 4 is 17.5 Å². The average Bonchev–Trinajstić information content (AvgIpc) is 2.75. The van der Waals surface area contributed by atoms with Crippen LogP contribution >= 0.6 is 0 Å². The molecule has 0 unspecified atom stereocenters. The number of carbonyl (C=O) groups is 1. The van der Waals surface area contributed by atoms with E-state index in [9.17, 15) is 9.18 Å². The summed E-state index contributed by atoms with van der Waals surface area (Å²) in [5.41, 5.74) is 3.92. The first-order valence-corrected chi connectivity index (χ1v) is 9.79. The van der Waals surface area contributed by atoms with E-state index in [0.717, 1.165) is 37.1 Å². The molecule has 148 valence electrons. The first-order chi connectivity index (χ1) is 14.1. The van der Waals surface area contributed by atoms with E-state index in [1.807, 2.05) is 18.5 Å². The largest absolute Gasteiger partial charge is 0.341 e. The Kier molecular flexibility index (Phi) is 5.51. The summed E-state index contributed by atoms with van der Waals surface area (Å²) in [7, 11) is 0. The van der Waals surface area contributed by atoms with Gasteiger partial charge in [-0.2, -0.15) is 0 Å². The van der Waals surface area contributed by atoms with E-state index in [4.69, 9.17) is 0 Å². The zero-order chi connectivity index (χ0) is 20.2. The molecule has 0 radical (unpaired) electrons. The van der Waals surface area contributed by atoms with E-state index < -0.39 is 0 Å². The van der Waals surface area contributed by atoms with Gasteiger partial charge in [0, 0.05) is 42.7 Å². The molecular formula is C23H23FN4O. The SMILES string of the molecule is Cc1cccc(-c2cnc(N3CCC(C(=O)Nc4ccc(F)cc4)CC3)nc2)c1. The number of piperidine rings is 1. The number of aryl methyl sites for hydroxylation is 1. The summed E-state index contributed by atoms with van der Waals surface area (Å²) >= 11 is 0. The highest BCUT2D eigenvalue weighted by atomic mass is 19.1. The van der Waals surface area contributed by atoms with Gasteiger partial charge in [0.15, 0.2) is 0 Å². The van der Waals surface area contributed by atoms with Crippen LogP contribution < -0.4 is 10.2 Å². The van der Waals surface area contributed by atoms with E-state index in [0.29, 0.717) is 11.6 Å². The van der Waals surface area contributed by atoms with Crippen LogP contribution in [0.25, 0.3) is 11.1 Å². The highest BCUT2D eigenvalue weighted by Crippen LogP contribution is 2.24. The number of nitrogens with zero attached hydrogens (tertiary/aromatic N) is 3. The second-order valence-corrected chi connectivity index (χ2v) is 7.40. The van der Waals surface area contributed by atoms with Gasteiger partial charge in [0.2, 0.25) is 11.9 Å². The van der Waals surface area contributed by atoms with Gasteiger partial charge in [-0.25, -0.2) is 14.4 Å². The van der Waals surface area contributed by atoms with Crippen molar-refractivity contribution in [3.63, 3.8) is 0 Å². The zero-order valence-electron chi connectivity index (χ0n) is 16.3. The van der Waals surface area contributed by atoms with Crippen molar-refractivity contribution in [3.8, 4) is 11.1 Å². The van der Waals surface area contributed by atoms with Crippen LogP contribution in [0, 0.1) is 18.7 Å². The van der Waals surface area contributed by atoms with Crippen LogP contribution in [0.5, 0.6) is 0 Å². The van der Waals surface area contributed by atoms with Gasteiger partial charge < -0.3 is 10.2 Å². The van der Waals surface area contributed by atoms with Crippen LogP contribution in [0.15, 0.2) is 60.9 Å². The first kappa shape index (κ1) is 19.1. The van der Waals surface area contributed by atoms with Crippen LogP contribution in [0.4, 0.5) is 16.0 Å². The number of amides is 1. The Labute approximate surface area is 169 Å². The van der Waals surface area contributed by atoms with Gasteiger partial charge in [-0.1, -0.05) is 29.8 Å². The summed E-state index contributed by atoms with van der Waals surface area (Å²) in [5, 5.41) is 2.87. The summed E-state index contributed by atoms with van der Waals surface area (Å²) in [6.07, 6.45) is 5.17. The van der Waals surface area contributed by atoms with Gasteiger partial charge in [-0.15, -0.1) is 0 Å². The minimum absolute atomic E-state index is 0.0213. The van der Waals surface area contributed by atoms with Crippen molar-refractivity contribution in [1.29, 1.82) is 0 Å². The molecule has 29 heavy (non-hydrogen) atoms. The fourth-order valence-electron chi connectivity index (χ4n) is 3.58. The van der Waals surface area contributed by atoms with Crippen molar-refractivity contribution in [2.24, 2.45) is 5.92 Å². The Morgan fingerprint density at radius 2 is 1.72 bits per heavy atom. The van der Waals surface area contributed by atoms with Gasteiger partial charge >= 0.3 is 0 Å². The molecule has 1 aliphatic rings. The monoisotopic (exact) mass is 390 g/mol. The van der Waals surface area contributed by atoms with Gasteiger partial charge in [0.1, 0.15) is 5.82 Å². The maximum absolute atomic E-state index is 13.0. The van der Waals surface area contributed by atoms with Crippen LogP contribution in [0.1, 0.15) is 18.4 Å². The molecule has 0 aliphatic carbocycles. The Balaban J connectivity index is 1.34. The van der Waals surface area contributed by atoms with Crippen molar-refractivity contribution in [1.82, 2.24) is 9.97 Å². The number of aromatic nitrogens is 2. The fourth-order valence-corrected chi connectivity index (χ4v) is 3.58. The molecular weight excluding hydrogens is 367 g/mol. The lowest BCUT2D eigenvalue weighted by Gasteiger charge is -2.31. The van der Waals surface area contributed by atoms with Gasteiger partial charge in [-0.05, 0) is 49.6 Å². The predicted molar refractivity (Wildman–Crippen MR) is 112 cm³/mol. The number of carbonyl (C=O) groups excluding carboxylic acids is 1. The zero-order valence-corrected chi connectivity index (χ0v) is 16.3. The lowest BCUT2D eigenvalue weighted by Crippen LogP contribution is -2.39. The molecule has 1 N–H and O–H groups in total. The molecule has 4 rings (SSSR count). The first-order valence-electron chi connectivity index (χ1n) is 9.79.